The first-order valence-corrected chi connectivity index (χ1v) is 7.32. The standard InChI is InChI=1S/C10H14F3NO3S/c11-10(12,13)18(16,17)14-9(15)8-5-6-1-3-7(8)4-2-6/h6-8H,1-5H2,(H,14,15). The number of alkyl halides is 3. The van der Waals surface area contributed by atoms with E-state index in [2.05, 4.69) is 0 Å². The molecule has 3 aliphatic rings. The molecular formula is C10H14F3NO3S. The predicted molar refractivity (Wildman–Crippen MR) is 56.7 cm³/mol. The third-order valence-electron chi connectivity index (χ3n) is 3.92. The minimum Gasteiger partial charge on any atom is -0.274 e. The van der Waals surface area contributed by atoms with Gasteiger partial charge in [0.2, 0.25) is 5.91 Å². The number of fused-ring (bicyclic) bond motifs is 3. The monoisotopic (exact) mass is 285 g/mol. The topological polar surface area (TPSA) is 63.2 Å². The molecule has 8 heteroatoms. The maximum atomic E-state index is 12.1. The quantitative estimate of drug-likeness (QED) is 0.841. The van der Waals surface area contributed by atoms with Gasteiger partial charge in [-0.1, -0.05) is 12.8 Å². The summed E-state index contributed by atoms with van der Waals surface area (Å²) >= 11 is 0. The Morgan fingerprint density at radius 1 is 1.11 bits per heavy atom. The third-order valence-corrected chi connectivity index (χ3v) is 5.00. The van der Waals surface area contributed by atoms with Crippen molar-refractivity contribution in [2.45, 2.75) is 37.6 Å². The highest BCUT2D eigenvalue weighted by Gasteiger charge is 2.49. The molecule has 0 aromatic heterocycles. The third kappa shape index (κ3) is 2.48. The van der Waals surface area contributed by atoms with Crippen LogP contribution in [-0.2, 0) is 14.8 Å². The Bertz CT molecular complexity index is 438. The fraction of sp³-hybridized carbons (Fsp3) is 0.900. The second-order valence-corrected chi connectivity index (χ2v) is 6.71. The van der Waals surface area contributed by atoms with Crippen LogP contribution in [0.5, 0.6) is 0 Å². The Morgan fingerprint density at radius 2 is 1.67 bits per heavy atom. The Labute approximate surface area is 103 Å². The molecule has 0 aliphatic heterocycles. The smallest absolute Gasteiger partial charge is 0.274 e. The summed E-state index contributed by atoms with van der Waals surface area (Å²) in [6.07, 6.45) is 4.08. The highest BCUT2D eigenvalue weighted by atomic mass is 32.2. The fourth-order valence-electron chi connectivity index (χ4n) is 2.96. The highest BCUT2D eigenvalue weighted by molar-refractivity contribution is 7.90. The summed E-state index contributed by atoms with van der Waals surface area (Å²) in [7, 11) is -5.56. The number of hydrogen-bond acceptors (Lipinski definition) is 3. The lowest BCUT2D eigenvalue weighted by atomic mass is 9.64. The number of carbonyl (C=O) groups is 1. The fourth-order valence-corrected chi connectivity index (χ4v) is 3.50. The van der Waals surface area contributed by atoms with Gasteiger partial charge in [-0.2, -0.15) is 21.6 Å². The van der Waals surface area contributed by atoms with E-state index in [9.17, 15) is 26.4 Å². The summed E-state index contributed by atoms with van der Waals surface area (Å²) in [5, 5.41) is 0. The van der Waals surface area contributed by atoms with Gasteiger partial charge in [0.25, 0.3) is 0 Å². The number of rotatable bonds is 2. The number of carbonyl (C=O) groups excluding carboxylic acids is 1. The van der Waals surface area contributed by atoms with E-state index in [0.717, 1.165) is 30.4 Å². The van der Waals surface area contributed by atoms with E-state index in [1.807, 2.05) is 0 Å². The summed E-state index contributed by atoms with van der Waals surface area (Å²) in [6, 6.07) is 0. The van der Waals surface area contributed by atoms with Crippen LogP contribution in [0.3, 0.4) is 0 Å². The predicted octanol–water partition coefficient (Wildman–Crippen LogP) is 1.78. The second kappa shape index (κ2) is 4.40. The lowest BCUT2D eigenvalue weighted by molar-refractivity contribution is -0.128. The van der Waals surface area contributed by atoms with E-state index in [1.54, 1.807) is 0 Å². The van der Waals surface area contributed by atoms with Crippen molar-refractivity contribution in [3.63, 3.8) is 0 Å². The maximum Gasteiger partial charge on any atom is 0.516 e. The first-order chi connectivity index (χ1) is 8.21. The van der Waals surface area contributed by atoms with Crippen LogP contribution in [-0.4, -0.2) is 19.8 Å². The second-order valence-electron chi connectivity index (χ2n) is 5.04. The average Bonchev–Trinajstić information content (AvgIpc) is 2.28. The van der Waals surface area contributed by atoms with Crippen LogP contribution in [0.1, 0.15) is 32.1 Å². The Hall–Kier alpha value is -0.790. The Morgan fingerprint density at radius 3 is 2.06 bits per heavy atom. The van der Waals surface area contributed by atoms with Crippen LogP contribution in [0.2, 0.25) is 0 Å². The van der Waals surface area contributed by atoms with E-state index in [-0.39, 0.29) is 5.92 Å². The van der Waals surface area contributed by atoms with Crippen molar-refractivity contribution in [3.05, 3.63) is 0 Å². The van der Waals surface area contributed by atoms with Gasteiger partial charge in [0.15, 0.2) is 0 Å². The Balaban J connectivity index is 2.05. The summed E-state index contributed by atoms with van der Waals surface area (Å²) in [5.74, 6) is -1.21. The van der Waals surface area contributed by atoms with Crippen LogP contribution in [0.4, 0.5) is 13.2 Å². The van der Waals surface area contributed by atoms with Crippen molar-refractivity contribution in [2.75, 3.05) is 0 Å². The minimum absolute atomic E-state index is 0.0263. The van der Waals surface area contributed by atoms with E-state index in [0.29, 0.717) is 12.3 Å². The van der Waals surface area contributed by atoms with Gasteiger partial charge in [-0.3, -0.25) is 4.79 Å². The van der Waals surface area contributed by atoms with Crippen molar-refractivity contribution < 1.29 is 26.4 Å². The lowest BCUT2D eigenvalue weighted by Crippen LogP contribution is -2.47. The number of sulfonamides is 1. The lowest BCUT2D eigenvalue weighted by Gasteiger charge is -2.41. The number of nitrogens with one attached hydrogen (secondary N) is 1. The van der Waals surface area contributed by atoms with Gasteiger partial charge in [0.05, 0.1) is 0 Å². The number of hydrogen-bond donors (Lipinski definition) is 1. The molecule has 0 aromatic rings. The normalized spacial score (nSPS) is 32.3. The molecule has 1 amide bonds. The van der Waals surface area contributed by atoms with E-state index in [1.165, 1.54) is 0 Å². The zero-order valence-corrected chi connectivity index (χ0v) is 10.4. The van der Waals surface area contributed by atoms with E-state index < -0.39 is 27.4 Å². The van der Waals surface area contributed by atoms with Gasteiger partial charge in [-0.15, -0.1) is 0 Å². The van der Waals surface area contributed by atoms with Crippen LogP contribution in [0, 0.1) is 17.8 Å². The largest absolute Gasteiger partial charge is 0.516 e. The molecule has 0 heterocycles. The van der Waals surface area contributed by atoms with E-state index in [4.69, 9.17) is 0 Å². The molecular weight excluding hydrogens is 271 g/mol. The molecule has 0 saturated heterocycles. The highest BCUT2D eigenvalue weighted by Crippen LogP contribution is 2.45. The average molecular weight is 285 g/mol. The van der Waals surface area contributed by atoms with Gasteiger partial charge >= 0.3 is 15.5 Å². The molecule has 2 bridgehead atoms. The van der Waals surface area contributed by atoms with Gasteiger partial charge in [-0.25, -0.2) is 4.72 Å². The van der Waals surface area contributed by atoms with Crippen LogP contribution in [0.15, 0.2) is 0 Å². The molecule has 18 heavy (non-hydrogen) atoms. The van der Waals surface area contributed by atoms with Crippen LogP contribution < -0.4 is 4.72 Å². The summed E-state index contributed by atoms with van der Waals surface area (Å²) in [6.45, 7) is 0. The summed E-state index contributed by atoms with van der Waals surface area (Å²) < 4.78 is 59.3. The number of amides is 1. The zero-order chi connectivity index (χ0) is 13.6. The van der Waals surface area contributed by atoms with Gasteiger partial charge in [-0.05, 0) is 31.1 Å². The SMILES string of the molecule is O=C(NS(=O)(=O)C(F)(F)F)C1CC2CCC1CC2. The molecule has 1 unspecified atom stereocenters. The van der Waals surface area contributed by atoms with Gasteiger partial charge in [0, 0.05) is 5.92 Å². The molecule has 1 N–H and O–H groups in total. The maximum absolute atomic E-state index is 12.1. The Kier molecular flexibility index (Phi) is 3.33. The molecule has 0 aromatic carbocycles. The molecule has 3 saturated carbocycles. The van der Waals surface area contributed by atoms with Crippen molar-refractivity contribution in [1.29, 1.82) is 0 Å². The number of halogens is 3. The first kappa shape index (κ1) is 13.6. The van der Waals surface area contributed by atoms with Crippen molar-refractivity contribution in [2.24, 2.45) is 17.8 Å². The van der Waals surface area contributed by atoms with Crippen molar-refractivity contribution in [1.82, 2.24) is 4.72 Å². The van der Waals surface area contributed by atoms with Crippen LogP contribution in [0.25, 0.3) is 0 Å². The summed E-state index contributed by atoms with van der Waals surface area (Å²) in [5.41, 5.74) is -5.43. The van der Waals surface area contributed by atoms with Gasteiger partial charge in [0.1, 0.15) is 0 Å². The first-order valence-electron chi connectivity index (χ1n) is 5.83. The molecule has 3 fully saturated rings. The van der Waals surface area contributed by atoms with Gasteiger partial charge < -0.3 is 0 Å². The molecule has 3 aliphatic carbocycles. The minimum atomic E-state index is -5.56. The molecule has 3 rings (SSSR count). The molecule has 0 spiro atoms. The van der Waals surface area contributed by atoms with Crippen LogP contribution >= 0.6 is 0 Å². The van der Waals surface area contributed by atoms with Crippen molar-refractivity contribution >= 4 is 15.9 Å². The van der Waals surface area contributed by atoms with E-state index >= 15 is 0 Å². The molecule has 104 valence electrons. The molecule has 4 nitrogen and oxygen atoms in total. The van der Waals surface area contributed by atoms with Crippen molar-refractivity contribution in [3.8, 4) is 0 Å². The summed E-state index contributed by atoms with van der Waals surface area (Å²) in [4.78, 5) is 11.7. The molecule has 1 atom stereocenters. The molecule has 0 radical (unpaired) electrons. The zero-order valence-electron chi connectivity index (χ0n) is 9.53.